The molecule has 1 aromatic heterocycles. The first kappa shape index (κ1) is 17.3. The molecule has 0 aliphatic rings. The van der Waals surface area contributed by atoms with Crippen LogP contribution in [0.1, 0.15) is 51.3 Å². The highest BCUT2D eigenvalue weighted by molar-refractivity contribution is 5.78. The number of hydrogen-bond donors (Lipinski definition) is 0. The Bertz CT molecular complexity index is 620. The highest BCUT2D eigenvalue weighted by atomic mass is 16.2. The monoisotopic (exact) mass is 312 g/mol. The third-order valence-electron chi connectivity index (χ3n) is 4.32. The van der Waals surface area contributed by atoms with Crippen LogP contribution in [-0.4, -0.2) is 27.5 Å². The molecule has 0 radical (unpaired) electrons. The zero-order valence-corrected chi connectivity index (χ0v) is 14.9. The van der Waals surface area contributed by atoms with Crippen LogP contribution < -0.4 is 0 Å². The Labute approximate surface area is 139 Å². The number of carbonyl (C=O) groups excluding carboxylic acids is 1. The van der Waals surface area contributed by atoms with Gasteiger partial charge in [0.25, 0.3) is 0 Å². The van der Waals surface area contributed by atoms with Crippen molar-refractivity contribution < 1.29 is 4.79 Å². The predicted molar refractivity (Wildman–Crippen MR) is 95.4 cm³/mol. The maximum absolute atomic E-state index is 12.9. The van der Waals surface area contributed by atoms with Crippen molar-refractivity contribution >= 4 is 5.91 Å². The van der Waals surface area contributed by atoms with E-state index in [1.165, 1.54) is 11.3 Å². The second-order valence-corrected chi connectivity index (χ2v) is 6.70. The van der Waals surface area contributed by atoms with E-state index in [-0.39, 0.29) is 23.9 Å². The highest BCUT2D eigenvalue weighted by Crippen LogP contribution is 2.29. The summed E-state index contributed by atoms with van der Waals surface area (Å²) in [5.74, 6) is 0.300. The van der Waals surface area contributed by atoms with Crippen LogP contribution >= 0.6 is 0 Å². The van der Waals surface area contributed by atoms with Crippen molar-refractivity contribution in [2.24, 2.45) is 7.05 Å². The minimum absolute atomic E-state index is 0.0868. The average molecular weight is 312 g/mol. The van der Waals surface area contributed by atoms with Gasteiger partial charge < -0.3 is 9.47 Å². The first-order chi connectivity index (χ1) is 10.9. The summed E-state index contributed by atoms with van der Waals surface area (Å²) in [7, 11) is 2.04. The molecule has 0 fully saturated rings. The van der Waals surface area contributed by atoms with Crippen LogP contribution in [0.5, 0.6) is 0 Å². The van der Waals surface area contributed by atoms with Crippen molar-refractivity contribution in [1.82, 2.24) is 9.47 Å². The predicted octanol–water partition coefficient (Wildman–Crippen LogP) is 4.19. The third-order valence-corrected chi connectivity index (χ3v) is 4.32. The molecule has 0 aliphatic heterocycles. The summed E-state index contributed by atoms with van der Waals surface area (Å²) >= 11 is 0. The van der Waals surface area contributed by atoms with Gasteiger partial charge in [0, 0.05) is 43.4 Å². The van der Waals surface area contributed by atoms with Gasteiger partial charge in [-0.15, -0.1) is 0 Å². The molecule has 1 amide bonds. The molecule has 0 saturated heterocycles. The molecule has 124 valence electrons. The van der Waals surface area contributed by atoms with Crippen molar-refractivity contribution in [1.29, 1.82) is 0 Å². The van der Waals surface area contributed by atoms with Crippen LogP contribution in [0, 0.1) is 0 Å². The fourth-order valence-corrected chi connectivity index (χ4v) is 3.37. The lowest BCUT2D eigenvalue weighted by Gasteiger charge is -2.32. The Hall–Kier alpha value is -2.03. The summed E-state index contributed by atoms with van der Waals surface area (Å²) in [5, 5.41) is 0. The Kier molecular flexibility index (Phi) is 5.64. The Morgan fingerprint density at radius 2 is 1.61 bits per heavy atom. The van der Waals surface area contributed by atoms with Gasteiger partial charge >= 0.3 is 0 Å². The van der Waals surface area contributed by atoms with Gasteiger partial charge in [0.15, 0.2) is 0 Å². The van der Waals surface area contributed by atoms with Crippen LogP contribution in [0.2, 0.25) is 0 Å². The number of aromatic nitrogens is 1. The van der Waals surface area contributed by atoms with Gasteiger partial charge in [-0.2, -0.15) is 0 Å². The molecular formula is C20H28N2O. The van der Waals surface area contributed by atoms with E-state index in [1.54, 1.807) is 0 Å². The average Bonchev–Trinajstić information content (AvgIpc) is 2.91. The number of nitrogens with zero attached hydrogens (tertiary/aromatic N) is 2. The van der Waals surface area contributed by atoms with Gasteiger partial charge in [-0.1, -0.05) is 30.3 Å². The molecule has 0 aliphatic carbocycles. The molecule has 0 saturated carbocycles. The Morgan fingerprint density at radius 3 is 2.09 bits per heavy atom. The summed E-state index contributed by atoms with van der Waals surface area (Å²) in [6.45, 7) is 8.33. The lowest BCUT2D eigenvalue weighted by molar-refractivity contribution is -0.135. The SMILES string of the molecule is CC(C)N(C(=O)CC(c1ccccc1)c1cccn1C)C(C)C. The molecule has 0 spiro atoms. The summed E-state index contributed by atoms with van der Waals surface area (Å²) in [6, 6.07) is 14.9. The molecule has 1 heterocycles. The number of rotatable bonds is 6. The van der Waals surface area contributed by atoms with Gasteiger partial charge in [0.2, 0.25) is 5.91 Å². The van der Waals surface area contributed by atoms with Crippen LogP contribution in [0.4, 0.5) is 0 Å². The molecule has 0 bridgehead atoms. The number of aryl methyl sites for hydroxylation is 1. The standard InChI is InChI=1S/C20H28N2O/c1-15(2)22(16(3)4)20(23)14-18(17-10-7-6-8-11-17)19-12-9-13-21(19)5/h6-13,15-16,18H,14H2,1-5H3. The second kappa shape index (κ2) is 7.49. The minimum Gasteiger partial charge on any atom is -0.354 e. The largest absolute Gasteiger partial charge is 0.354 e. The van der Waals surface area contributed by atoms with Crippen LogP contribution in [-0.2, 0) is 11.8 Å². The second-order valence-electron chi connectivity index (χ2n) is 6.70. The number of hydrogen-bond acceptors (Lipinski definition) is 1. The fraction of sp³-hybridized carbons (Fsp3) is 0.450. The number of benzene rings is 1. The van der Waals surface area contributed by atoms with Gasteiger partial charge in [-0.25, -0.2) is 0 Å². The molecular weight excluding hydrogens is 284 g/mol. The highest BCUT2D eigenvalue weighted by Gasteiger charge is 2.26. The van der Waals surface area contributed by atoms with E-state index in [0.717, 1.165) is 0 Å². The molecule has 23 heavy (non-hydrogen) atoms. The van der Waals surface area contributed by atoms with Crippen molar-refractivity contribution in [3.8, 4) is 0 Å². The van der Waals surface area contributed by atoms with E-state index >= 15 is 0 Å². The fourth-order valence-electron chi connectivity index (χ4n) is 3.37. The van der Waals surface area contributed by atoms with Crippen LogP contribution in [0.3, 0.4) is 0 Å². The molecule has 1 atom stereocenters. The van der Waals surface area contributed by atoms with Crippen molar-refractivity contribution in [3.05, 3.63) is 59.9 Å². The molecule has 1 unspecified atom stereocenters. The quantitative estimate of drug-likeness (QED) is 0.785. The van der Waals surface area contributed by atoms with E-state index in [9.17, 15) is 4.79 Å². The van der Waals surface area contributed by atoms with E-state index < -0.39 is 0 Å². The van der Waals surface area contributed by atoms with E-state index in [1.807, 2.05) is 42.4 Å². The van der Waals surface area contributed by atoms with Crippen LogP contribution in [0.15, 0.2) is 48.7 Å². The van der Waals surface area contributed by atoms with Gasteiger partial charge in [-0.3, -0.25) is 4.79 Å². The van der Waals surface area contributed by atoms with Gasteiger partial charge in [0.1, 0.15) is 0 Å². The zero-order chi connectivity index (χ0) is 17.0. The van der Waals surface area contributed by atoms with E-state index in [4.69, 9.17) is 0 Å². The Morgan fingerprint density at radius 1 is 1.00 bits per heavy atom. The zero-order valence-electron chi connectivity index (χ0n) is 14.9. The van der Waals surface area contributed by atoms with Gasteiger partial charge in [-0.05, 0) is 45.4 Å². The molecule has 1 aromatic carbocycles. The summed E-state index contributed by atoms with van der Waals surface area (Å²) in [4.78, 5) is 14.9. The minimum atomic E-state index is 0.0868. The third kappa shape index (κ3) is 4.04. The van der Waals surface area contributed by atoms with E-state index in [0.29, 0.717) is 6.42 Å². The van der Waals surface area contributed by atoms with Crippen molar-refractivity contribution in [2.75, 3.05) is 0 Å². The number of carbonyl (C=O) groups is 1. The molecule has 2 aromatic rings. The topological polar surface area (TPSA) is 25.2 Å². The number of amides is 1. The van der Waals surface area contributed by atoms with E-state index in [2.05, 4.69) is 50.5 Å². The Balaban J connectivity index is 2.32. The molecule has 0 N–H and O–H groups in total. The van der Waals surface area contributed by atoms with Crippen molar-refractivity contribution in [3.63, 3.8) is 0 Å². The first-order valence-corrected chi connectivity index (χ1v) is 8.39. The molecule has 3 nitrogen and oxygen atoms in total. The normalized spacial score (nSPS) is 12.7. The lowest BCUT2D eigenvalue weighted by atomic mass is 9.91. The molecule has 2 rings (SSSR count). The smallest absolute Gasteiger partial charge is 0.224 e. The lowest BCUT2D eigenvalue weighted by Crippen LogP contribution is -2.42. The first-order valence-electron chi connectivity index (χ1n) is 8.39. The van der Waals surface area contributed by atoms with Crippen LogP contribution in [0.25, 0.3) is 0 Å². The maximum atomic E-state index is 12.9. The summed E-state index contributed by atoms with van der Waals surface area (Å²) < 4.78 is 2.11. The summed E-state index contributed by atoms with van der Waals surface area (Å²) in [6.07, 6.45) is 2.54. The maximum Gasteiger partial charge on any atom is 0.224 e. The van der Waals surface area contributed by atoms with Crippen molar-refractivity contribution in [2.45, 2.75) is 52.1 Å². The van der Waals surface area contributed by atoms with Gasteiger partial charge in [0.05, 0.1) is 0 Å². The summed E-state index contributed by atoms with van der Waals surface area (Å²) in [5.41, 5.74) is 2.37. The molecule has 3 heteroatoms.